The van der Waals surface area contributed by atoms with Crippen LogP contribution in [0.1, 0.15) is 39.9 Å². The Hall–Kier alpha value is -2.01. The highest BCUT2D eigenvalue weighted by atomic mass is 35.5. The van der Waals surface area contributed by atoms with Crippen molar-refractivity contribution in [1.82, 2.24) is 14.7 Å². The number of halogens is 2. The van der Waals surface area contributed by atoms with Crippen LogP contribution < -0.4 is 0 Å². The largest absolute Gasteiger partial charge is 0.394 e. The van der Waals surface area contributed by atoms with E-state index >= 15 is 0 Å². The Morgan fingerprint density at radius 2 is 1.73 bits per heavy atom. The molecule has 216 valence electrons. The maximum atomic E-state index is 13.1. The molecule has 4 atom stereocenters. The number of hydrogen-bond donors (Lipinski definition) is 3. The van der Waals surface area contributed by atoms with E-state index in [4.69, 9.17) is 23.2 Å². The summed E-state index contributed by atoms with van der Waals surface area (Å²) in [6.45, 7) is 3.93. The highest BCUT2D eigenvalue weighted by Gasteiger charge is 2.34. The lowest BCUT2D eigenvalue weighted by molar-refractivity contribution is -0.0680. The van der Waals surface area contributed by atoms with Gasteiger partial charge in [0.2, 0.25) is 0 Å². The van der Waals surface area contributed by atoms with E-state index in [-0.39, 0.29) is 17.9 Å². The van der Waals surface area contributed by atoms with Crippen LogP contribution in [0.25, 0.3) is 0 Å². The predicted molar refractivity (Wildman–Crippen MR) is 161 cm³/mol. The monoisotopic (exact) mass is 605 g/mol. The Bertz CT molecular complexity index is 1210. The molecular formula is C30H37Cl2N3O4S. The lowest BCUT2D eigenvalue weighted by atomic mass is 9.94. The summed E-state index contributed by atoms with van der Waals surface area (Å²) in [5, 5.41) is 35.4. The third kappa shape index (κ3) is 7.84. The van der Waals surface area contributed by atoms with Crippen LogP contribution in [-0.2, 0) is 0 Å². The van der Waals surface area contributed by atoms with Gasteiger partial charge in [-0.25, -0.2) is 0 Å². The smallest absolute Gasteiger partial charge is 0.253 e. The summed E-state index contributed by atoms with van der Waals surface area (Å²) in [7, 11) is 1.83. The number of nitrogens with zero attached hydrogens (tertiary/aromatic N) is 3. The van der Waals surface area contributed by atoms with E-state index in [1.807, 2.05) is 66.3 Å². The van der Waals surface area contributed by atoms with Gasteiger partial charge in [0, 0.05) is 51.3 Å². The molecule has 0 aliphatic carbocycles. The zero-order valence-electron chi connectivity index (χ0n) is 22.6. The first kappa shape index (κ1) is 30.9. The SMILES string of the molecule is CN(C[C@@H](CCN1CCN(C(c2ccsc2)[C@H](O)[C@H](O)CO)CC1)c1ccc(Cl)c(Cl)c1)C(=O)c1ccccc1. The fourth-order valence-corrected chi connectivity index (χ4v) is 6.33. The Balaban J connectivity index is 1.41. The molecule has 4 rings (SSSR count). The number of hydrogen-bond acceptors (Lipinski definition) is 7. The van der Waals surface area contributed by atoms with Crippen LogP contribution in [0.4, 0.5) is 0 Å². The molecule has 1 aliphatic rings. The summed E-state index contributed by atoms with van der Waals surface area (Å²) in [4.78, 5) is 19.4. The van der Waals surface area contributed by atoms with Crippen molar-refractivity contribution in [2.45, 2.75) is 30.6 Å². The Labute approximate surface area is 250 Å². The summed E-state index contributed by atoms with van der Waals surface area (Å²) in [5.41, 5.74) is 2.64. The minimum atomic E-state index is -1.20. The molecule has 1 aromatic heterocycles. The molecule has 2 aromatic carbocycles. The van der Waals surface area contributed by atoms with Gasteiger partial charge in [-0.15, -0.1) is 0 Å². The van der Waals surface area contributed by atoms with Gasteiger partial charge in [-0.2, -0.15) is 11.3 Å². The molecule has 1 amide bonds. The van der Waals surface area contributed by atoms with Crippen LogP contribution >= 0.6 is 34.5 Å². The van der Waals surface area contributed by atoms with E-state index in [1.165, 1.54) is 0 Å². The number of piperazine rings is 1. The first-order chi connectivity index (χ1) is 19.3. The molecule has 7 nitrogen and oxygen atoms in total. The van der Waals surface area contributed by atoms with Crippen molar-refractivity contribution in [3.05, 3.63) is 92.1 Å². The number of aliphatic hydroxyl groups excluding tert-OH is 3. The van der Waals surface area contributed by atoms with Crippen LogP contribution in [-0.4, -0.2) is 101 Å². The molecule has 1 fully saturated rings. The lowest BCUT2D eigenvalue weighted by Gasteiger charge is -2.42. The average Bonchev–Trinajstić information content (AvgIpc) is 3.51. The van der Waals surface area contributed by atoms with E-state index in [9.17, 15) is 20.1 Å². The molecule has 0 radical (unpaired) electrons. The van der Waals surface area contributed by atoms with Gasteiger partial charge < -0.3 is 25.1 Å². The van der Waals surface area contributed by atoms with Crippen LogP contribution in [0, 0.1) is 0 Å². The van der Waals surface area contributed by atoms with Gasteiger partial charge in [-0.1, -0.05) is 47.5 Å². The van der Waals surface area contributed by atoms with E-state index in [0.717, 1.165) is 50.3 Å². The molecular weight excluding hydrogens is 569 g/mol. The number of amides is 1. The molecule has 1 unspecified atom stereocenters. The minimum Gasteiger partial charge on any atom is -0.394 e. The predicted octanol–water partition coefficient (Wildman–Crippen LogP) is 4.37. The highest BCUT2D eigenvalue weighted by molar-refractivity contribution is 7.08. The van der Waals surface area contributed by atoms with Gasteiger partial charge in [0.15, 0.2) is 0 Å². The normalized spacial score (nSPS) is 17.8. The average molecular weight is 607 g/mol. The Morgan fingerprint density at radius 3 is 2.35 bits per heavy atom. The van der Waals surface area contributed by atoms with E-state index in [1.54, 1.807) is 22.3 Å². The second kappa shape index (κ2) is 14.8. The van der Waals surface area contributed by atoms with Crippen molar-refractivity contribution in [3.63, 3.8) is 0 Å². The first-order valence-electron chi connectivity index (χ1n) is 13.5. The second-order valence-corrected chi connectivity index (χ2v) is 11.9. The summed E-state index contributed by atoms with van der Waals surface area (Å²) in [6, 6.07) is 16.5. The summed E-state index contributed by atoms with van der Waals surface area (Å²) >= 11 is 14.1. The zero-order valence-corrected chi connectivity index (χ0v) is 24.9. The molecule has 1 aliphatic heterocycles. The standard InChI is InChI=1S/C30H37Cl2N3O4S/c1-33(30(39)21-5-3-2-4-6-21)18-23(22-7-8-25(31)26(32)17-22)9-11-34-12-14-35(15-13-34)28(24-10-16-40-20-24)29(38)27(37)19-36/h2-8,10,16-17,20,23,27-29,36-38H,9,11-15,18-19H2,1H3/t23-,27-,28?,29-/m1/s1. The molecule has 0 spiro atoms. The van der Waals surface area contributed by atoms with Crippen molar-refractivity contribution in [1.29, 1.82) is 0 Å². The van der Waals surface area contributed by atoms with Gasteiger partial charge in [0.1, 0.15) is 12.2 Å². The van der Waals surface area contributed by atoms with Crippen molar-refractivity contribution in [2.75, 3.05) is 52.9 Å². The topological polar surface area (TPSA) is 87.5 Å². The van der Waals surface area contributed by atoms with Gasteiger partial charge in [-0.3, -0.25) is 9.69 Å². The molecule has 2 heterocycles. The number of thiophene rings is 1. The van der Waals surface area contributed by atoms with Gasteiger partial charge in [-0.05, 0) is 65.2 Å². The molecule has 3 N–H and O–H groups in total. The zero-order chi connectivity index (χ0) is 28.6. The number of carbonyl (C=O) groups excluding carboxylic acids is 1. The number of aliphatic hydroxyl groups is 3. The number of likely N-dealkylation sites (N-methyl/N-ethyl adjacent to an activating group) is 1. The molecule has 1 saturated heterocycles. The maximum Gasteiger partial charge on any atom is 0.253 e. The maximum absolute atomic E-state index is 13.1. The molecule has 3 aromatic rings. The molecule has 40 heavy (non-hydrogen) atoms. The van der Waals surface area contributed by atoms with Crippen molar-refractivity contribution in [3.8, 4) is 0 Å². The molecule has 10 heteroatoms. The number of benzene rings is 2. The molecule has 0 saturated carbocycles. The lowest BCUT2D eigenvalue weighted by Crippen LogP contribution is -2.52. The Morgan fingerprint density at radius 1 is 1.00 bits per heavy atom. The highest BCUT2D eigenvalue weighted by Crippen LogP contribution is 2.31. The van der Waals surface area contributed by atoms with Crippen LogP contribution in [0.3, 0.4) is 0 Å². The van der Waals surface area contributed by atoms with Crippen LogP contribution in [0.5, 0.6) is 0 Å². The molecule has 0 bridgehead atoms. The second-order valence-electron chi connectivity index (χ2n) is 10.3. The minimum absolute atomic E-state index is 0.0256. The fraction of sp³-hybridized carbons (Fsp3) is 0.433. The number of rotatable bonds is 12. The van der Waals surface area contributed by atoms with Crippen molar-refractivity contribution in [2.24, 2.45) is 0 Å². The first-order valence-corrected chi connectivity index (χ1v) is 15.2. The van der Waals surface area contributed by atoms with Gasteiger partial charge in [0.05, 0.1) is 22.7 Å². The summed E-state index contributed by atoms with van der Waals surface area (Å²) in [5.74, 6) is 0.0351. The van der Waals surface area contributed by atoms with Crippen molar-refractivity contribution >= 4 is 40.4 Å². The van der Waals surface area contributed by atoms with E-state index in [0.29, 0.717) is 22.2 Å². The van der Waals surface area contributed by atoms with E-state index in [2.05, 4.69) is 9.80 Å². The van der Waals surface area contributed by atoms with Crippen molar-refractivity contribution < 1.29 is 20.1 Å². The summed E-state index contributed by atoms with van der Waals surface area (Å²) < 4.78 is 0. The van der Waals surface area contributed by atoms with Crippen LogP contribution in [0.2, 0.25) is 10.0 Å². The summed E-state index contributed by atoms with van der Waals surface area (Å²) in [6.07, 6.45) is -1.46. The van der Waals surface area contributed by atoms with E-state index < -0.39 is 18.8 Å². The van der Waals surface area contributed by atoms with Gasteiger partial charge >= 0.3 is 0 Å². The third-order valence-electron chi connectivity index (χ3n) is 7.66. The quantitative estimate of drug-likeness (QED) is 0.284. The third-order valence-corrected chi connectivity index (χ3v) is 9.10. The fourth-order valence-electron chi connectivity index (χ4n) is 5.33. The van der Waals surface area contributed by atoms with Gasteiger partial charge in [0.25, 0.3) is 5.91 Å². The number of carbonyl (C=O) groups is 1. The van der Waals surface area contributed by atoms with Crippen LogP contribution in [0.15, 0.2) is 65.4 Å². The Kier molecular flexibility index (Phi) is 11.4.